The topological polar surface area (TPSA) is 88.4 Å². The van der Waals surface area contributed by atoms with Crippen molar-refractivity contribution in [2.45, 2.75) is 27.2 Å². The maximum absolute atomic E-state index is 13.1. The number of benzene rings is 1. The van der Waals surface area contributed by atoms with Crippen LogP contribution >= 0.6 is 23.2 Å². The first kappa shape index (κ1) is 23.4. The van der Waals surface area contributed by atoms with Crippen molar-refractivity contribution >= 4 is 55.6 Å². The highest BCUT2D eigenvalue weighted by atomic mass is 35.5. The van der Waals surface area contributed by atoms with Crippen molar-refractivity contribution in [2.75, 3.05) is 6.54 Å². The lowest BCUT2D eigenvalue weighted by atomic mass is 9.97. The molecule has 0 bridgehead atoms. The molecule has 2 aliphatic heterocycles. The molecule has 0 aliphatic carbocycles. The predicted molar refractivity (Wildman–Crippen MR) is 115 cm³/mol. The van der Waals surface area contributed by atoms with Gasteiger partial charge in [-0.25, -0.2) is 13.8 Å². The second kappa shape index (κ2) is 8.33. The number of ether oxygens (including phenoxy) is 1. The van der Waals surface area contributed by atoms with E-state index in [0.29, 0.717) is 0 Å². The molecule has 0 saturated heterocycles. The standard InChI is InChI=1S/C19H17Cl2F2N3O4S/c1-19(2,3)18(27)30-15-14-17(26(7-6-24-14)9-13(22)23)25-31(28,29)16(15)11-5-4-10(20)8-12(11)21/h4-8,13H,9H2,1-3H3. The molecule has 0 fully saturated rings. The van der Waals surface area contributed by atoms with Crippen LogP contribution in [0.2, 0.25) is 10.0 Å². The van der Waals surface area contributed by atoms with Crippen LogP contribution < -0.4 is 0 Å². The molecule has 31 heavy (non-hydrogen) atoms. The summed E-state index contributed by atoms with van der Waals surface area (Å²) in [6.07, 6.45) is -0.445. The van der Waals surface area contributed by atoms with Crippen LogP contribution in [0.3, 0.4) is 0 Å². The Kier molecular flexibility index (Phi) is 6.28. The molecule has 1 aromatic rings. The maximum Gasteiger partial charge on any atom is 0.316 e. The summed E-state index contributed by atoms with van der Waals surface area (Å²) in [6.45, 7) is 3.88. The fraction of sp³-hybridized carbons (Fsp3) is 0.316. The van der Waals surface area contributed by atoms with Gasteiger partial charge in [0, 0.05) is 23.0 Å². The SMILES string of the molecule is CC(C)(C)C(=O)OC1=C(c2ccc(Cl)cc2Cl)S(=O)(=O)N=C2C1=NC=CN2CC(F)F. The number of nitrogens with zero attached hydrogens (tertiary/aromatic N) is 3. The van der Waals surface area contributed by atoms with E-state index in [9.17, 15) is 22.0 Å². The van der Waals surface area contributed by atoms with E-state index in [1.807, 2.05) is 0 Å². The number of hydrogen-bond donors (Lipinski definition) is 0. The quantitative estimate of drug-likeness (QED) is 0.579. The number of rotatable bonds is 4. The summed E-state index contributed by atoms with van der Waals surface area (Å²) in [4.78, 5) is 17.1. The van der Waals surface area contributed by atoms with Crippen LogP contribution in [-0.4, -0.2) is 43.8 Å². The molecule has 1 aromatic carbocycles. The molecule has 0 saturated carbocycles. The lowest BCUT2D eigenvalue weighted by Gasteiger charge is -2.30. The van der Waals surface area contributed by atoms with Gasteiger partial charge in [-0.3, -0.25) is 4.79 Å². The van der Waals surface area contributed by atoms with Crippen LogP contribution in [0.4, 0.5) is 8.78 Å². The second-order valence-corrected chi connectivity index (χ2v) is 10.0. The van der Waals surface area contributed by atoms with E-state index in [1.54, 1.807) is 20.8 Å². The van der Waals surface area contributed by atoms with Gasteiger partial charge in [-0.15, -0.1) is 4.40 Å². The van der Waals surface area contributed by atoms with Crippen molar-refractivity contribution in [3.8, 4) is 0 Å². The van der Waals surface area contributed by atoms with Crippen LogP contribution in [0.15, 0.2) is 45.7 Å². The zero-order valence-corrected chi connectivity index (χ0v) is 18.9. The summed E-state index contributed by atoms with van der Waals surface area (Å²) >= 11 is 12.1. The summed E-state index contributed by atoms with van der Waals surface area (Å²) in [5, 5.41) is 0.214. The monoisotopic (exact) mass is 491 g/mol. The van der Waals surface area contributed by atoms with Crippen molar-refractivity contribution in [3.05, 3.63) is 52.0 Å². The van der Waals surface area contributed by atoms with Gasteiger partial charge in [-0.1, -0.05) is 29.3 Å². The summed E-state index contributed by atoms with van der Waals surface area (Å²) in [5.74, 6) is -1.59. The molecule has 0 spiro atoms. The minimum atomic E-state index is -4.53. The van der Waals surface area contributed by atoms with Crippen molar-refractivity contribution in [2.24, 2.45) is 14.8 Å². The van der Waals surface area contributed by atoms with Gasteiger partial charge in [0.15, 0.2) is 17.3 Å². The van der Waals surface area contributed by atoms with Gasteiger partial charge in [-0.2, -0.15) is 8.42 Å². The van der Waals surface area contributed by atoms with Gasteiger partial charge in [-0.05, 0) is 32.9 Å². The highest BCUT2D eigenvalue weighted by molar-refractivity contribution is 7.99. The number of alkyl halides is 2. The lowest BCUT2D eigenvalue weighted by Crippen LogP contribution is -2.42. The lowest BCUT2D eigenvalue weighted by molar-refractivity contribution is -0.147. The molecule has 2 aliphatic rings. The fourth-order valence-electron chi connectivity index (χ4n) is 2.66. The number of halogens is 4. The highest BCUT2D eigenvalue weighted by Crippen LogP contribution is 2.38. The van der Waals surface area contributed by atoms with Gasteiger partial charge in [0.25, 0.3) is 16.4 Å². The Morgan fingerprint density at radius 1 is 1.26 bits per heavy atom. The largest absolute Gasteiger partial charge is 0.422 e. The number of fused-ring (bicyclic) bond motifs is 1. The Morgan fingerprint density at radius 3 is 2.52 bits per heavy atom. The van der Waals surface area contributed by atoms with E-state index in [2.05, 4.69) is 9.39 Å². The van der Waals surface area contributed by atoms with Gasteiger partial charge in [0.05, 0.1) is 17.0 Å². The molecular formula is C19H17Cl2F2N3O4S. The Balaban J connectivity index is 2.28. The van der Waals surface area contributed by atoms with Crippen LogP contribution in [0.25, 0.3) is 4.91 Å². The number of amidine groups is 1. The van der Waals surface area contributed by atoms with Crippen molar-refractivity contribution in [1.29, 1.82) is 0 Å². The molecule has 7 nitrogen and oxygen atoms in total. The van der Waals surface area contributed by atoms with Crippen molar-refractivity contribution in [1.82, 2.24) is 4.90 Å². The second-order valence-electron chi connectivity index (χ2n) is 7.63. The first-order valence-electron chi connectivity index (χ1n) is 8.88. The Bertz CT molecular complexity index is 1170. The Hall–Kier alpha value is -2.30. The summed E-state index contributed by atoms with van der Waals surface area (Å²) in [6, 6.07) is 4.05. The average molecular weight is 492 g/mol. The predicted octanol–water partition coefficient (Wildman–Crippen LogP) is 4.49. The van der Waals surface area contributed by atoms with E-state index in [-0.39, 0.29) is 27.2 Å². The van der Waals surface area contributed by atoms with E-state index in [4.69, 9.17) is 27.9 Å². The first-order valence-corrected chi connectivity index (χ1v) is 11.1. The molecule has 166 valence electrons. The molecule has 0 unspecified atom stereocenters. The minimum Gasteiger partial charge on any atom is -0.422 e. The van der Waals surface area contributed by atoms with Crippen molar-refractivity contribution < 1.29 is 26.7 Å². The number of esters is 1. The first-order chi connectivity index (χ1) is 14.3. The van der Waals surface area contributed by atoms with Crippen LogP contribution in [0.1, 0.15) is 26.3 Å². The van der Waals surface area contributed by atoms with Gasteiger partial charge in [0.1, 0.15) is 4.91 Å². The summed E-state index contributed by atoms with van der Waals surface area (Å²) < 4.78 is 61.4. The minimum absolute atomic E-state index is 0.0248. The molecule has 2 heterocycles. The smallest absolute Gasteiger partial charge is 0.316 e. The van der Waals surface area contributed by atoms with E-state index in [0.717, 1.165) is 11.1 Å². The van der Waals surface area contributed by atoms with E-state index < -0.39 is 45.0 Å². The Labute approximate surface area is 187 Å². The highest BCUT2D eigenvalue weighted by Gasteiger charge is 2.41. The van der Waals surface area contributed by atoms with Crippen molar-refractivity contribution in [3.63, 3.8) is 0 Å². The van der Waals surface area contributed by atoms with Gasteiger partial charge >= 0.3 is 5.97 Å². The van der Waals surface area contributed by atoms with E-state index >= 15 is 0 Å². The number of aliphatic imine (C=N–C) groups is 1. The molecule has 3 rings (SSSR count). The third-order valence-electron chi connectivity index (χ3n) is 4.14. The van der Waals surface area contributed by atoms with Crippen LogP contribution in [0.5, 0.6) is 0 Å². The van der Waals surface area contributed by atoms with Gasteiger partial charge < -0.3 is 9.64 Å². The average Bonchev–Trinajstić information content (AvgIpc) is 2.62. The molecule has 0 radical (unpaired) electrons. The molecule has 0 N–H and O–H groups in total. The van der Waals surface area contributed by atoms with Crippen LogP contribution in [0, 0.1) is 5.41 Å². The summed E-state index contributed by atoms with van der Waals surface area (Å²) in [5.41, 5.74) is -1.21. The molecule has 0 aromatic heterocycles. The molecule has 0 amide bonds. The third kappa shape index (κ3) is 4.81. The maximum atomic E-state index is 13.1. The normalized spacial score (nSPS) is 18.0. The fourth-order valence-corrected chi connectivity index (χ4v) is 4.56. The summed E-state index contributed by atoms with van der Waals surface area (Å²) in [7, 11) is -4.53. The number of carbonyl (C=O) groups excluding carboxylic acids is 1. The van der Waals surface area contributed by atoms with Crippen LogP contribution in [-0.2, 0) is 19.6 Å². The number of sulfonamides is 1. The zero-order chi connectivity index (χ0) is 23.1. The Morgan fingerprint density at radius 2 is 1.94 bits per heavy atom. The van der Waals surface area contributed by atoms with Gasteiger partial charge in [0.2, 0.25) is 0 Å². The number of carbonyl (C=O) groups is 1. The number of hydrogen-bond acceptors (Lipinski definition) is 6. The molecule has 12 heteroatoms. The zero-order valence-electron chi connectivity index (χ0n) is 16.6. The van der Waals surface area contributed by atoms with E-state index in [1.165, 1.54) is 24.4 Å². The third-order valence-corrected chi connectivity index (χ3v) is 6.02. The molecular weight excluding hydrogens is 475 g/mol. The molecule has 0 atom stereocenters.